The Bertz CT molecular complexity index is 517. The molecule has 0 spiro atoms. The predicted molar refractivity (Wildman–Crippen MR) is 62.0 cm³/mol. The third kappa shape index (κ3) is 2.30. The Morgan fingerprint density at radius 3 is 3.06 bits per heavy atom. The molecule has 16 heavy (non-hydrogen) atoms. The topological polar surface area (TPSA) is 71.9 Å². The van der Waals surface area contributed by atoms with E-state index in [4.69, 9.17) is 15.7 Å². The van der Waals surface area contributed by atoms with Crippen molar-refractivity contribution in [1.82, 2.24) is 4.98 Å². The number of nitrogens with two attached hydrogens (primary N) is 1. The highest BCUT2D eigenvalue weighted by atomic mass is 32.1. The molecule has 0 bridgehead atoms. The Kier molecular flexibility index (Phi) is 3.03. The molecular weight excluding hydrogens is 222 g/mol. The standard InChI is InChI=1S/C11H9N3OS/c12-4-8-3-9(13)1-2-11(8)15-6-10-5-14-7-16-10/h1-3,5,7H,6,13H2. The summed E-state index contributed by atoms with van der Waals surface area (Å²) in [7, 11) is 0. The van der Waals surface area contributed by atoms with Gasteiger partial charge in [0, 0.05) is 11.9 Å². The van der Waals surface area contributed by atoms with Crippen molar-refractivity contribution in [3.63, 3.8) is 0 Å². The van der Waals surface area contributed by atoms with Crippen LogP contribution in [0.25, 0.3) is 0 Å². The molecule has 0 aliphatic rings. The highest BCUT2D eigenvalue weighted by Crippen LogP contribution is 2.22. The molecule has 0 aliphatic carbocycles. The van der Waals surface area contributed by atoms with Crippen LogP contribution >= 0.6 is 11.3 Å². The van der Waals surface area contributed by atoms with Gasteiger partial charge in [-0.15, -0.1) is 11.3 Å². The van der Waals surface area contributed by atoms with Gasteiger partial charge in [-0.05, 0) is 18.2 Å². The molecule has 1 heterocycles. The summed E-state index contributed by atoms with van der Waals surface area (Å²) >= 11 is 1.52. The van der Waals surface area contributed by atoms with Gasteiger partial charge in [0.05, 0.1) is 16.0 Å². The Labute approximate surface area is 96.9 Å². The van der Waals surface area contributed by atoms with E-state index < -0.39 is 0 Å². The van der Waals surface area contributed by atoms with E-state index in [1.807, 2.05) is 6.07 Å². The van der Waals surface area contributed by atoms with E-state index in [-0.39, 0.29) is 0 Å². The lowest BCUT2D eigenvalue weighted by Crippen LogP contribution is -1.96. The first-order chi connectivity index (χ1) is 7.79. The van der Waals surface area contributed by atoms with Crippen LogP contribution in [0, 0.1) is 11.3 Å². The molecule has 0 saturated heterocycles. The fraction of sp³-hybridized carbons (Fsp3) is 0.0909. The van der Waals surface area contributed by atoms with Crippen LogP contribution in [0.2, 0.25) is 0 Å². The lowest BCUT2D eigenvalue weighted by atomic mass is 10.2. The summed E-state index contributed by atoms with van der Waals surface area (Å²) in [6.07, 6.45) is 1.74. The molecule has 0 saturated carbocycles. The van der Waals surface area contributed by atoms with E-state index in [2.05, 4.69) is 4.98 Å². The summed E-state index contributed by atoms with van der Waals surface area (Å²) in [4.78, 5) is 4.96. The Hall–Kier alpha value is -2.06. The van der Waals surface area contributed by atoms with E-state index in [0.29, 0.717) is 23.6 Å². The zero-order valence-corrected chi connectivity index (χ0v) is 9.20. The minimum absolute atomic E-state index is 0.420. The molecule has 0 atom stereocenters. The zero-order valence-electron chi connectivity index (χ0n) is 8.38. The van der Waals surface area contributed by atoms with Gasteiger partial charge in [0.25, 0.3) is 0 Å². The third-order valence-corrected chi connectivity index (χ3v) is 2.73. The molecule has 80 valence electrons. The fourth-order valence-electron chi connectivity index (χ4n) is 1.22. The first kappa shape index (κ1) is 10.5. The highest BCUT2D eigenvalue weighted by molar-refractivity contribution is 7.09. The van der Waals surface area contributed by atoms with Crippen LogP contribution < -0.4 is 10.5 Å². The maximum atomic E-state index is 8.90. The van der Waals surface area contributed by atoms with Gasteiger partial charge in [0.1, 0.15) is 18.4 Å². The van der Waals surface area contributed by atoms with Crippen LogP contribution in [0.3, 0.4) is 0 Å². The van der Waals surface area contributed by atoms with Crippen LogP contribution in [0.15, 0.2) is 29.9 Å². The summed E-state index contributed by atoms with van der Waals surface area (Å²) in [5.41, 5.74) is 8.33. The lowest BCUT2D eigenvalue weighted by molar-refractivity contribution is 0.308. The number of thiazole rings is 1. The largest absolute Gasteiger partial charge is 0.487 e. The maximum Gasteiger partial charge on any atom is 0.137 e. The number of nitrogens with zero attached hydrogens (tertiary/aromatic N) is 2. The number of aromatic nitrogens is 1. The molecule has 0 fully saturated rings. The molecule has 5 heteroatoms. The molecule has 0 aliphatic heterocycles. The second-order valence-electron chi connectivity index (χ2n) is 3.12. The Balaban J connectivity index is 2.13. The SMILES string of the molecule is N#Cc1cc(N)ccc1OCc1cncs1. The normalized spacial score (nSPS) is 9.69. The van der Waals surface area contributed by atoms with Crippen molar-refractivity contribution in [2.75, 3.05) is 5.73 Å². The Morgan fingerprint density at radius 1 is 1.50 bits per heavy atom. The number of hydrogen-bond acceptors (Lipinski definition) is 5. The first-order valence-corrected chi connectivity index (χ1v) is 5.47. The van der Waals surface area contributed by atoms with Crippen LogP contribution in [0.1, 0.15) is 10.4 Å². The smallest absolute Gasteiger partial charge is 0.137 e. The van der Waals surface area contributed by atoms with Gasteiger partial charge in [-0.25, -0.2) is 0 Å². The number of benzene rings is 1. The predicted octanol–water partition coefficient (Wildman–Crippen LogP) is 2.18. The van der Waals surface area contributed by atoms with Gasteiger partial charge >= 0.3 is 0 Å². The lowest BCUT2D eigenvalue weighted by Gasteiger charge is -2.06. The van der Waals surface area contributed by atoms with E-state index in [1.54, 1.807) is 29.9 Å². The molecule has 0 unspecified atom stereocenters. The minimum Gasteiger partial charge on any atom is -0.487 e. The van der Waals surface area contributed by atoms with Crippen molar-refractivity contribution < 1.29 is 4.74 Å². The molecule has 4 nitrogen and oxygen atoms in total. The quantitative estimate of drug-likeness (QED) is 0.822. The van der Waals surface area contributed by atoms with E-state index in [9.17, 15) is 0 Å². The van der Waals surface area contributed by atoms with Crippen LogP contribution in [-0.2, 0) is 6.61 Å². The molecule has 1 aromatic carbocycles. The molecule has 0 amide bonds. The Morgan fingerprint density at radius 2 is 2.38 bits per heavy atom. The van der Waals surface area contributed by atoms with Gasteiger partial charge in [0.15, 0.2) is 0 Å². The van der Waals surface area contributed by atoms with Crippen molar-refractivity contribution in [2.45, 2.75) is 6.61 Å². The van der Waals surface area contributed by atoms with Gasteiger partial charge in [0.2, 0.25) is 0 Å². The molecule has 2 N–H and O–H groups in total. The van der Waals surface area contributed by atoms with Crippen molar-refractivity contribution in [1.29, 1.82) is 5.26 Å². The van der Waals surface area contributed by atoms with Crippen LogP contribution in [-0.4, -0.2) is 4.98 Å². The average Bonchev–Trinajstić information content (AvgIpc) is 2.80. The summed E-state index contributed by atoms with van der Waals surface area (Å²) < 4.78 is 5.52. The van der Waals surface area contributed by atoms with E-state index in [1.165, 1.54) is 11.3 Å². The van der Waals surface area contributed by atoms with E-state index >= 15 is 0 Å². The molecule has 1 aromatic heterocycles. The molecule has 2 rings (SSSR count). The molecule has 0 radical (unpaired) electrons. The second-order valence-corrected chi connectivity index (χ2v) is 4.09. The van der Waals surface area contributed by atoms with Gasteiger partial charge < -0.3 is 10.5 Å². The monoisotopic (exact) mass is 231 g/mol. The zero-order chi connectivity index (χ0) is 11.4. The first-order valence-electron chi connectivity index (χ1n) is 4.59. The van der Waals surface area contributed by atoms with Crippen molar-refractivity contribution in [2.24, 2.45) is 0 Å². The number of rotatable bonds is 3. The van der Waals surface area contributed by atoms with Gasteiger partial charge in [-0.3, -0.25) is 4.98 Å². The number of anilines is 1. The van der Waals surface area contributed by atoms with Crippen molar-refractivity contribution >= 4 is 17.0 Å². The number of hydrogen-bond donors (Lipinski definition) is 1. The number of ether oxygens (including phenoxy) is 1. The molecular formula is C11H9N3OS. The van der Waals surface area contributed by atoms with E-state index in [0.717, 1.165) is 4.88 Å². The summed E-state index contributed by atoms with van der Waals surface area (Å²) in [6, 6.07) is 7.06. The minimum atomic E-state index is 0.420. The van der Waals surface area contributed by atoms with Crippen molar-refractivity contribution in [3.05, 3.63) is 40.3 Å². The molecule has 2 aromatic rings. The average molecular weight is 231 g/mol. The highest BCUT2D eigenvalue weighted by Gasteiger charge is 2.04. The van der Waals surface area contributed by atoms with Gasteiger partial charge in [-0.1, -0.05) is 0 Å². The summed E-state index contributed by atoms with van der Waals surface area (Å²) in [5, 5.41) is 8.90. The second kappa shape index (κ2) is 4.64. The summed E-state index contributed by atoms with van der Waals surface area (Å²) in [5.74, 6) is 0.546. The van der Waals surface area contributed by atoms with Gasteiger partial charge in [-0.2, -0.15) is 5.26 Å². The summed E-state index contributed by atoms with van der Waals surface area (Å²) in [6.45, 7) is 0.420. The maximum absolute atomic E-state index is 8.90. The van der Waals surface area contributed by atoms with Crippen LogP contribution in [0.5, 0.6) is 5.75 Å². The van der Waals surface area contributed by atoms with Crippen LogP contribution in [0.4, 0.5) is 5.69 Å². The van der Waals surface area contributed by atoms with Crippen molar-refractivity contribution in [3.8, 4) is 11.8 Å². The third-order valence-electron chi connectivity index (χ3n) is 1.98. The fourth-order valence-corrected chi connectivity index (χ4v) is 1.73. The number of nitriles is 1. The number of nitrogen functional groups attached to an aromatic ring is 1.